The number of carbonyl (C=O) groups excluding carboxylic acids is 1. The molecule has 2 aliphatic carbocycles. The summed E-state index contributed by atoms with van der Waals surface area (Å²) >= 11 is 0. The Hall–Kier alpha value is -2.81. The van der Waals surface area contributed by atoms with E-state index in [-0.39, 0.29) is 41.5 Å². The van der Waals surface area contributed by atoms with Gasteiger partial charge in [-0.15, -0.1) is 0 Å². The zero-order valence-corrected chi connectivity index (χ0v) is 22.8. The number of hydrogen-bond acceptors (Lipinski definition) is 7. The molecule has 0 radical (unpaired) electrons. The molecule has 4 aliphatic rings. The van der Waals surface area contributed by atoms with Crippen molar-refractivity contribution < 1.29 is 33.6 Å². The van der Waals surface area contributed by atoms with Crippen LogP contribution in [0.1, 0.15) is 51.5 Å². The van der Waals surface area contributed by atoms with Crippen LogP contribution in [0, 0.1) is 22.7 Å². The van der Waals surface area contributed by atoms with Crippen molar-refractivity contribution >= 4 is 5.91 Å². The molecule has 3 fully saturated rings. The van der Waals surface area contributed by atoms with Crippen molar-refractivity contribution in [1.82, 2.24) is 5.32 Å². The number of carbonyl (C=O) groups is 1. The molecule has 1 amide bonds. The van der Waals surface area contributed by atoms with Crippen LogP contribution >= 0.6 is 0 Å². The maximum absolute atomic E-state index is 13.1. The largest absolute Gasteiger partial charge is 0.488 e. The Labute approximate surface area is 229 Å². The van der Waals surface area contributed by atoms with E-state index in [0.717, 1.165) is 36.3 Å². The molecule has 0 spiro atoms. The van der Waals surface area contributed by atoms with Gasteiger partial charge in [0.1, 0.15) is 12.4 Å². The van der Waals surface area contributed by atoms with Crippen LogP contribution in [0.3, 0.4) is 0 Å². The summed E-state index contributed by atoms with van der Waals surface area (Å²) in [6.45, 7) is 6.10. The number of benzene rings is 2. The minimum Gasteiger partial charge on any atom is -0.488 e. The van der Waals surface area contributed by atoms with Crippen molar-refractivity contribution in [2.24, 2.45) is 22.7 Å². The van der Waals surface area contributed by atoms with Crippen molar-refractivity contribution in [2.45, 2.75) is 71.0 Å². The molecule has 2 aromatic rings. The normalized spacial score (nSPS) is 35.0. The molecule has 2 aromatic carbocycles. The summed E-state index contributed by atoms with van der Waals surface area (Å²) in [5.41, 5.74) is 0.590. The highest BCUT2D eigenvalue weighted by Crippen LogP contribution is 2.62. The molecule has 6 rings (SSSR count). The average Bonchev–Trinajstić information content (AvgIpc) is 3.41. The molecule has 2 aliphatic heterocycles. The minimum atomic E-state index is -0.500. The van der Waals surface area contributed by atoms with Gasteiger partial charge in [-0.3, -0.25) is 4.79 Å². The Balaban J connectivity index is 1.08. The molecule has 2 heterocycles. The summed E-state index contributed by atoms with van der Waals surface area (Å²) in [7, 11) is 0. The third-order valence-corrected chi connectivity index (χ3v) is 9.69. The average molecular weight is 538 g/mol. The molecule has 2 saturated carbocycles. The number of aliphatic hydroxyl groups excluding tert-OH is 1. The fourth-order valence-electron chi connectivity index (χ4n) is 7.58. The van der Waals surface area contributed by atoms with Gasteiger partial charge in [-0.1, -0.05) is 38.1 Å². The number of hydrogen-bond donors (Lipinski definition) is 2. The lowest BCUT2D eigenvalue weighted by Gasteiger charge is -2.62. The second-order valence-electron chi connectivity index (χ2n) is 12.0. The summed E-state index contributed by atoms with van der Waals surface area (Å²) in [5.74, 6) is 2.36. The topological polar surface area (TPSA) is 95.5 Å². The van der Waals surface area contributed by atoms with Crippen LogP contribution in [-0.2, 0) is 20.8 Å². The Morgan fingerprint density at radius 1 is 1.05 bits per heavy atom. The van der Waals surface area contributed by atoms with E-state index in [9.17, 15) is 9.90 Å². The van der Waals surface area contributed by atoms with Gasteiger partial charge in [0.05, 0.1) is 18.8 Å². The molecule has 210 valence electrons. The van der Waals surface area contributed by atoms with Crippen molar-refractivity contribution in [3.05, 3.63) is 54.1 Å². The van der Waals surface area contributed by atoms with Gasteiger partial charge in [-0.2, -0.15) is 0 Å². The van der Waals surface area contributed by atoms with Crippen LogP contribution in [0.2, 0.25) is 0 Å². The lowest BCUT2D eigenvalue weighted by molar-refractivity contribution is -0.313. The number of fused-ring (bicyclic) bond motifs is 4. The van der Waals surface area contributed by atoms with Crippen molar-refractivity contribution in [3.63, 3.8) is 0 Å². The first-order valence-corrected chi connectivity index (χ1v) is 14.1. The smallest absolute Gasteiger partial charge is 0.231 e. The highest BCUT2D eigenvalue weighted by atomic mass is 16.7. The number of aliphatic hydroxyl groups is 1. The maximum atomic E-state index is 13.1. The molecule has 39 heavy (non-hydrogen) atoms. The van der Waals surface area contributed by atoms with E-state index in [1.165, 1.54) is 0 Å². The first-order valence-electron chi connectivity index (χ1n) is 14.1. The molecule has 0 aromatic heterocycles. The predicted octanol–water partition coefficient (Wildman–Crippen LogP) is 4.44. The van der Waals surface area contributed by atoms with Crippen LogP contribution in [0.5, 0.6) is 17.2 Å². The Morgan fingerprint density at radius 3 is 2.72 bits per heavy atom. The van der Waals surface area contributed by atoms with Gasteiger partial charge in [0.25, 0.3) is 0 Å². The second-order valence-corrected chi connectivity index (χ2v) is 12.0. The lowest BCUT2D eigenvalue weighted by atomic mass is 9.46. The van der Waals surface area contributed by atoms with E-state index in [2.05, 4.69) is 19.2 Å². The van der Waals surface area contributed by atoms with E-state index in [1.807, 2.05) is 48.5 Å². The van der Waals surface area contributed by atoms with Crippen LogP contribution in [0.15, 0.2) is 48.5 Å². The molecule has 1 saturated heterocycles. The maximum Gasteiger partial charge on any atom is 0.231 e. The van der Waals surface area contributed by atoms with E-state index < -0.39 is 12.4 Å². The predicted molar refractivity (Wildman–Crippen MR) is 143 cm³/mol. The monoisotopic (exact) mass is 537 g/mol. The second kappa shape index (κ2) is 10.6. The summed E-state index contributed by atoms with van der Waals surface area (Å²) in [6.07, 6.45) is 2.82. The summed E-state index contributed by atoms with van der Waals surface area (Å²) < 4.78 is 29.4. The standard InChI is InChI=1S/C31H39NO7/c1-30-13-12-27-31(2,18-36-29(39-27)17-35-21-6-4-3-5-7-21)26(30)11-9-23(33)22(30)15-28(34)32-16-20-8-10-24-25(14-20)38-19-37-24/h3-8,10,14,22-23,26-27,29,33H,9,11-13,15-19H2,1-2H3,(H,32,34). The minimum absolute atomic E-state index is 0.0415. The van der Waals surface area contributed by atoms with Crippen molar-refractivity contribution in [3.8, 4) is 17.2 Å². The van der Waals surface area contributed by atoms with Crippen molar-refractivity contribution in [1.29, 1.82) is 0 Å². The van der Waals surface area contributed by atoms with Gasteiger partial charge in [0, 0.05) is 18.4 Å². The molecule has 7 atom stereocenters. The molecule has 0 bridgehead atoms. The molecule has 2 N–H and O–H groups in total. The zero-order valence-electron chi connectivity index (χ0n) is 22.8. The van der Waals surface area contributed by atoms with E-state index in [4.69, 9.17) is 23.7 Å². The Bertz CT molecular complexity index is 1170. The molecule has 7 unspecified atom stereocenters. The van der Waals surface area contributed by atoms with Gasteiger partial charge in [0.2, 0.25) is 12.7 Å². The Kier molecular flexibility index (Phi) is 7.20. The zero-order chi connectivity index (χ0) is 27.0. The van der Waals surface area contributed by atoms with Gasteiger partial charge < -0.3 is 34.1 Å². The number of para-hydroxylation sites is 1. The number of amides is 1. The van der Waals surface area contributed by atoms with Crippen LogP contribution < -0.4 is 19.5 Å². The van der Waals surface area contributed by atoms with Crippen LogP contribution in [-0.4, -0.2) is 49.5 Å². The number of rotatable bonds is 7. The van der Waals surface area contributed by atoms with Gasteiger partial charge >= 0.3 is 0 Å². The SMILES string of the molecule is CC12COC(COc3ccccc3)OC1CCC1(C)C(CC(=O)NCc3ccc4c(c3)OCO4)C(O)CCC21. The lowest BCUT2D eigenvalue weighted by Crippen LogP contribution is -2.63. The van der Waals surface area contributed by atoms with Crippen molar-refractivity contribution in [2.75, 3.05) is 20.0 Å². The summed E-state index contributed by atoms with van der Waals surface area (Å²) in [6, 6.07) is 15.4. The number of ether oxygens (including phenoxy) is 5. The third kappa shape index (κ3) is 5.10. The van der Waals surface area contributed by atoms with E-state index >= 15 is 0 Å². The van der Waals surface area contributed by atoms with E-state index in [1.54, 1.807) is 0 Å². The van der Waals surface area contributed by atoms with Crippen LogP contribution in [0.4, 0.5) is 0 Å². The Morgan fingerprint density at radius 2 is 1.87 bits per heavy atom. The molecule has 8 heteroatoms. The summed E-state index contributed by atoms with van der Waals surface area (Å²) in [5, 5.41) is 14.2. The van der Waals surface area contributed by atoms with E-state index in [0.29, 0.717) is 38.3 Å². The first-order chi connectivity index (χ1) is 18.8. The highest BCUT2D eigenvalue weighted by Gasteiger charge is 2.61. The molecular formula is C31H39NO7. The van der Waals surface area contributed by atoms with Gasteiger partial charge in [-0.25, -0.2) is 0 Å². The fourth-order valence-corrected chi connectivity index (χ4v) is 7.58. The number of nitrogens with one attached hydrogen (secondary N) is 1. The molecular weight excluding hydrogens is 498 g/mol. The van der Waals surface area contributed by atoms with Gasteiger partial charge in [-0.05, 0) is 72.8 Å². The van der Waals surface area contributed by atoms with Crippen LogP contribution in [0.25, 0.3) is 0 Å². The highest BCUT2D eigenvalue weighted by molar-refractivity contribution is 5.76. The summed E-state index contributed by atoms with van der Waals surface area (Å²) in [4.78, 5) is 13.1. The van der Waals surface area contributed by atoms with Gasteiger partial charge in [0.15, 0.2) is 17.8 Å². The quantitative estimate of drug-likeness (QED) is 0.539. The first kappa shape index (κ1) is 26.4. The molecule has 8 nitrogen and oxygen atoms in total. The fraction of sp³-hybridized carbons (Fsp3) is 0.581. The third-order valence-electron chi connectivity index (χ3n) is 9.69.